The number of piperidine rings is 1. The number of carboxylic acid groups (broad SMARTS) is 1. The zero-order chi connectivity index (χ0) is 18.1. The molecule has 0 unspecified atom stereocenters. The van der Waals surface area contributed by atoms with Crippen LogP contribution in [0.5, 0.6) is 0 Å². The zero-order valence-electron chi connectivity index (χ0n) is 13.4. The molecule has 25 heavy (non-hydrogen) atoms. The average Bonchev–Trinajstić information content (AvgIpc) is 2.62. The lowest BCUT2D eigenvalue weighted by Gasteiger charge is -2.42. The van der Waals surface area contributed by atoms with Gasteiger partial charge in [0.2, 0.25) is 10.0 Å². The summed E-state index contributed by atoms with van der Waals surface area (Å²) in [6, 6.07) is 14.8. The molecule has 3 rings (SSSR count). The molecule has 0 spiro atoms. The molecule has 1 aliphatic heterocycles. The number of hydrogen-bond acceptors (Lipinski definition) is 4. The van der Waals surface area contributed by atoms with Crippen LogP contribution in [0.15, 0.2) is 59.5 Å². The van der Waals surface area contributed by atoms with Crippen LogP contribution in [-0.2, 0) is 20.2 Å². The summed E-state index contributed by atoms with van der Waals surface area (Å²) in [6.07, 6.45) is 0.346. The minimum Gasteiger partial charge on any atom is -0.549 e. The van der Waals surface area contributed by atoms with Gasteiger partial charge in [-0.05, 0) is 42.7 Å². The van der Waals surface area contributed by atoms with Crippen molar-refractivity contribution in [3.8, 4) is 0 Å². The molecule has 7 heteroatoms. The van der Waals surface area contributed by atoms with E-state index in [4.69, 9.17) is 11.6 Å². The summed E-state index contributed by atoms with van der Waals surface area (Å²) in [6.45, 7) is 0.238. The van der Waals surface area contributed by atoms with Crippen LogP contribution >= 0.6 is 11.6 Å². The van der Waals surface area contributed by atoms with E-state index >= 15 is 0 Å². The first-order valence-corrected chi connectivity index (χ1v) is 9.71. The van der Waals surface area contributed by atoms with Gasteiger partial charge in [0.05, 0.1) is 10.9 Å². The normalized spacial score (nSPS) is 18.0. The Labute approximate surface area is 151 Å². The van der Waals surface area contributed by atoms with E-state index in [1.54, 1.807) is 24.3 Å². The number of nitrogens with zero attached hydrogens (tertiary/aromatic N) is 1. The standard InChI is InChI=1S/C18H18ClNO4S/c19-15-6-8-16(9-7-15)25(23,24)20-12-10-18(11-13-20,17(21)22)14-4-2-1-3-5-14/h1-9H,10-13H2,(H,21,22)/p-1. The van der Waals surface area contributed by atoms with Crippen LogP contribution in [0.3, 0.4) is 0 Å². The summed E-state index contributed by atoms with van der Waals surface area (Å²) in [5.74, 6) is -1.16. The number of carbonyl (C=O) groups is 1. The third-order valence-electron chi connectivity index (χ3n) is 4.74. The first kappa shape index (κ1) is 17.9. The van der Waals surface area contributed by atoms with E-state index in [0.717, 1.165) is 0 Å². The minimum atomic E-state index is -3.68. The van der Waals surface area contributed by atoms with Crippen LogP contribution in [0, 0.1) is 0 Å². The molecule has 1 saturated heterocycles. The SMILES string of the molecule is O=C([O-])C1(c2ccccc2)CCN(S(=O)(=O)c2ccc(Cl)cc2)CC1. The van der Waals surface area contributed by atoms with E-state index in [2.05, 4.69) is 0 Å². The van der Waals surface area contributed by atoms with E-state index in [1.165, 1.54) is 28.6 Å². The predicted octanol–water partition coefficient (Wildman–Crippen LogP) is 1.81. The van der Waals surface area contributed by atoms with E-state index in [-0.39, 0.29) is 30.8 Å². The second-order valence-electron chi connectivity index (χ2n) is 6.09. The van der Waals surface area contributed by atoms with Crippen molar-refractivity contribution in [3.63, 3.8) is 0 Å². The number of benzene rings is 2. The van der Waals surface area contributed by atoms with Crippen molar-refractivity contribution in [2.75, 3.05) is 13.1 Å². The summed E-state index contributed by atoms with van der Waals surface area (Å²) >= 11 is 5.81. The Morgan fingerprint density at radius 1 is 1.00 bits per heavy atom. The second-order valence-corrected chi connectivity index (χ2v) is 8.47. The Morgan fingerprint density at radius 2 is 1.56 bits per heavy atom. The van der Waals surface area contributed by atoms with Gasteiger partial charge in [0.25, 0.3) is 0 Å². The molecule has 0 amide bonds. The molecule has 1 heterocycles. The fourth-order valence-electron chi connectivity index (χ4n) is 3.23. The summed E-state index contributed by atoms with van der Waals surface area (Å²) in [7, 11) is -3.68. The van der Waals surface area contributed by atoms with Gasteiger partial charge in [0.15, 0.2) is 0 Å². The Morgan fingerprint density at radius 3 is 2.08 bits per heavy atom. The van der Waals surface area contributed by atoms with E-state index < -0.39 is 21.4 Å². The van der Waals surface area contributed by atoms with Crippen LogP contribution in [0.25, 0.3) is 0 Å². The molecule has 0 bridgehead atoms. The third-order valence-corrected chi connectivity index (χ3v) is 6.91. The molecule has 0 radical (unpaired) electrons. The van der Waals surface area contributed by atoms with Crippen molar-refractivity contribution in [1.82, 2.24) is 4.31 Å². The first-order valence-electron chi connectivity index (χ1n) is 7.89. The quantitative estimate of drug-likeness (QED) is 0.813. The van der Waals surface area contributed by atoms with Crippen molar-refractivity contribution in [2.24, 2.45) is 0 Å². The Bertz CT molecular complexity index is 858. The Kier molecular flexibility index (Phi) is 4.86. The van der Waals surface area contributed by atoms with Crippen molar-refractivity contribution in [3.05, 3.63) is 65.2 Å². The van der Waals surface area contributed by atoms with Gasteiger partial charge < -0.3 is 9.90 Å². The fraction of sp³-hybridized carbons (Fsp3) is 0.278. The van der Waals surface area contributed by atoms with Gasteiger partial charge in [-0.2, -0.15) is 4.31 Å². The van der Waals surface area contributed by atoms with Crippen LogP contribution < -0.4 is 5.11 Å². The average molecular weight is 379 g/mol. The van der Waals surface area contributed by atoms with Crippen molar-refractivity contribution in [1.29, 1.82) is 0 Å². The summed E-state index contributed by atoms with van der Waals surface area (Å²) in [4.78, 5) is 12.0. The highest BCUT2D eigenvalue weighted by atomic mass is 35.5. The molecule has 132 valence electrons. The maximum Gasteiger partial charge on any atom is 0.243 e. The molecule has 0 aromatic heterocycles. The van der Waals surface area contributed by atoms with Gasteiger partial charge >= 0.3 is 0 Å². The van der Waals surface area contributed by atoms with Crippen LogP contribution in [0.4, 0.5) is 0 Å². The highest BCUT2D eigenvalue weighted by molar-refractivity contribution is 7.89. The van der Waals surface area contributed by atoms with Gasteiger partial charge in [0, 0.05) is 23.5 Å². The molecule has 0 atom stereocenters. The molecule has 0 aliphatic carbocycles. The van der Waals surface area contributed by atoms with E-state index in [9.17, 15) is 18.3 Å². The maximum atomic E-state index is 12.7. The van der Waals surface area contributed by atoms with Crippen molar-refractivity contribution in [2.45, 2.75) is 23.2 Å². The molecule has 5 nitrogen and oxygen atoms in total. The smallest absolute Gasteiger partial charge is 0.243 e. The Hall–Kier alpha value is -1.89. The highest BCUT2D eigenvalue weighted by Crippen LogP contribution is 2.36. The lowest BCUT2D eigenvalue weighted by Crippen LogP contribution is -2.53. The number of halogens is 1. The molecule has 2 aromatic rings. The van der Waals surface area contributed by atoms with Crippen molar-refractivity contribution >= 4 is 27.6 Å². The molecule has 1 aliphatic rings. The van der Waals surface area contributed by atoms with Crippen LogP contribution in [0.1, 0.15) is 18.4 Å². The molecule has 0 N–H and O–H groups in total. The summed E-state index contributed by atoms with van der Waals surface area (Å²) in [5, 5.41) is 12.3. The minimum absolute atomic E-state index is 0.119. The lowest BCUT2D eigenvalue weighted by atomic mass is 9.73. The highest BCUT2D eigenvalue weighted by Gasteiger charge is 2.40. The fourth-order valence-corrected chi connectivity index (χ4v) is 4.80. The van der Waals surface area contributed by atoms with Gasteiger partial charge in [-0.15, -0.1) is 0 Å². The number of rotatable bonds is 4. The number of aliphatic carboxylic acids is 1. The number of hydrogen-bond donors (Lipinski definition) is 0. The molecule has 2 aromatic carbocycles. The third kappa shape index (κ3) is 3.29. The molecular weight excluding hydrogens is 362 g/mol. The monoisotopic (exact) mass is 378 g/mol. The van der Waals surface area contributed by atoms with Gasteiger partial charge in [-0.3, -0.25) is 0 Å². The van der Waals surface area contributed by atoms with Crippen LogP contribution in [0.2, 0.25) is 5.02 Å². The van der Waals surface area contributed by atoms with Crippen molar-refractivity contribution < 1.29 is 18.3 Å². The lowest BCUT2D eigenvalue weighted by molar-refractivity contribution is -0.315. The molecule has 1 fully saturated rings. The zero-order valence-corrected chi connectivity index (χ0v) is 15.0. The van der Waals surface area contributed by atoms with E-state index in [1.807, 2.05) is 6.07 Å². The number of carboxylic acids is 1. The molecule has 0 saturated carbocycles. The second kappa shape index (κ2) is 6.78. The topological polar surface area (TPSA) is 77.5 Å². The van der Waals surface area contributed by atoms with Gasteiger partial charge in [0.1, 0.15) is 0 Å². The predicted molar refractivity (Wildman–Crippen MR) is 92.6 cm³/mol. The number of sulfonamides is 1. The summed E-state index contributed by atoms with van der Waals surface area (Å²) < 4.78 is 26.8. The maximum absolute atomic E-state index is 12.7. The van der Waals surface area contributed by atoms with Gasteiger partial charge in [-0.1, -0.05) is 41.9 Å². The van der Waals surface area contributed by atoms with Gasteiger partial charge in [-0.25, -0.2) is 8.42 Å². The molecular formula is C18H17ClNO4S-. The first-order chi connectivity index (χ1) is 11.9. The largest absolute Gasteiger partial charge is 0.549 e. The summed E-state index contributed by atoms with van der Waals surface area (Å²) in [5.41, 5.74) is -0.508. The number of carbonyl (C=O) groups excluding carboxylic acids is 1. The van der Waals surface area contributed by atoms with Crippen LogP contribution in [-0.4, -0.2) is 31.8 Å². The Balaban J connectivity index is 1.85. The van der Waals surface area contributed by atoms with E-state index in [0.29, 0.717) is 10.6 Å².